The third kappa shape index (κ3) is 5.34. The molecule has 0 unspecified atom stereocenters. The first-order chi connectivity index (χ1) is 15.7. The van der Waals surface area contributed by atoms with Crippen LogP contribution in [-0.4, -0.2) is 51.8 Å². The number of nitrogens with one attached hydrogen (secondary N) is 1. The first-order valence-electron chi connectivity index (χ1n) is 11.2. The van der Waals surface area contributed by atoms with Crippen LogP contribution in [0.5, 0.6) is 5.75 Å². The zero-order chi connectivity index (χ0) is 25.4. The second-order valence-corrected chi connectivity index (χ2v) is 9.88. The molecule has 1 aromatic heterocycles. The Hall–Kier alpha value is -3.11. The maximum Gasteiger partial charge on any atom is 0.410 e. The van der Waals surface area contributed by atoms with Crippen molar-refractivity contribution in [3.63, 3.8) is 0 Å². The van der Waals surface area contributed by atoms with Crippen molar-refractivity contribution in [1.82, 2.24) is 14.5 Å². The van der Waals surface area contributed by atoms with Crippen molar-refractivity contribution in [1.29, 1.82) is 0 Å². The number of likely N-dealkylation sites (tertiary alicyclic amines) is 1. The van der Waals surface area contributed by atoms with Gasteiger partial charge in [-0.05, 0) is 39.7 Å². The number of hydrogen-bond acceptors (Lipinski definition) is 6. The molecule has 188 valence electrons. The van der Waals surface area contributed by atoms with Crippen LogP contribution in [-0.2, 0) is 11.8 Å². The number of carbonyl (C=O) groups is 1. The molecule has 0 aliphatic carbocycles. The fourth-order valence-corrected chi connectivity index (χ4v) is 4.20. The van der Waals surface area contributed by atoms with Crippen LogP contribution < -0.4 is 21.6 Å². The monoisotopic (exact) mass is 482 g/mol. The number of anilines is 1. The Balaban J connectivity index is 1.70. The third-order valence-corrected chi connectivity index (χ3v) is 5.92. The fraction of sp³-hybridized carbons (Fsp3) is 0.609. The van der Waals surface area contributed by atoms with Crippen LogP contribution in [0.4, 0.5) is 19.3 Å². The number of amides is 1. The van der Waals surface area contributed by atoms with Gasteiger partial charge in [-0.2, -0.15) is 0 Å². The number of H-pyrrole nitrogens is 1. The zero-order valence-electron chi connectivity index (χ0n) is 20.1. The van der Waals surface area contributed by atoms with Gasteiger partial charge in [0.15, 0.2) is 0 Å². The molecule has 11 heteroatoms. The van der Waals surface area contributed by atoms with Gasteiger partial charge in [0.05, 0.1) is 12.1 Å². The summed E-state index contributed by atoms with van der Waals surface area (Å²) < 4.78 is 42.1. The summed E-state index contributed by atoms with van der Waals surface area (Å²) in [7, 11) is 1.44. The fourth-order valence-electron chi connectivity index (χ4n) is 4.20. The first kappa shape index (κ1) is 25.5. The number of nitrogens with two attached hydrogens (primary N) is 1. The molecule has 1 aliphatic rings. The molecule has 1 amide bonds. The number of alkyl halides is 2. The van der Waals surface area contributed by atoms with E-state index in [1.807, 2.05) is 0 Å². The summed E-state index contributed by atoms with van der Waals surface area (Å²) in [5.41, 5.74) is 4.64. The molecule has 0 radical (unpaired) electrons. The Morgan fingerprint density at radius 2 is 1.94 bits per heavy atom. The van der Waals surface area contributed by atoms with Gasteiger partial charge in [-0.3, -0.25) is 9.59 Å². The number of carbonyl (C=O) groups excluding carboxylic acids is 1. The van der Waals surface area contributed by atoms with Gasteiger partial charge in [0.25, 0.3) is 5.92 Å². The minimum absolute atomic E-state index is 0.0730. The quantitative estimate of drug-likeness (QED) is 0.384. The summed E-state index contributed by atoms with van der Waals surface area (Å²) in [6.07, 6.45) is -0.202. The van der Waals surface area contributed by atoms with E-state index in [2.05, 4.69) is 4.98 Å². The molecule has 34 heavy (non-hydrogen) atoms. The van der Waals surface area contributed by atoms with Crippen LogP contribution in [0.15, 0.2) is 21.7 Å². The smallest absolute Gasteiger partial charge is 0.410 e. The predicted molar refractivity (Wildman–Crippen MR) is 124 cm³/mol. The highest BCUT2D eigenvalue weighted by Crippen LogP contribution is 2.40. The van der Waals surface area contributed by atoms with Crippen LogP contribution >= 0.6 is 0 Å². The molecule has 2 heterocycles. The summed E-state index contributed by atoms with van der Waals surface area (Å²) >= 11 is 0. The largest absolute Gasteiger partial charge is 0.491 e. The molecule has 1 saturated heterocycles. The van der Waals surface area contributed by atoms with Crippen LogP contribution in [0.1, 0.15) is 40.5 Å². The lowest BCUT2D eigenvalue weighted by atomic mass is 9.83. The van der Waals surface area contributed by atoms with Gasteiger partial charge < -0.3 is 29.7 Å². The Kier molecular flexibility index (Phi) is 6.95. The predicted octanol–water partition coefficient (Wildman–Crippen LogP) is 3.11. The highest BCUT2D eigenvalue weighted by Gasteiger charge is 2.50. The molecule has 3 N–H and O–H groups in total. The number of benzene rings is 1. The van der Waals surface area contributed by atoms with Crippen molar-refractivity contribution in [3.8, 4) is 5.75 Å². The molecule has 0 spiro atoms. The van der Waals surface area contributed by atoms with Gasteiger partial charge in [-0.25, -0.2) is 13.6 Å². The Morgan fingerprint density at radius 3 is 2.59 bits per heavy atom. The van der Waals surface area contributed by atoms with E-state index in [-0.39, 0.29) is 38.3 Å². The van der Waals surface area contributed by atoms with E-state index in [1.165, 1.54) is 35.6 Å². The summed E-state index contributed by atoms with van der Waals surface area (Å²) in [4.78, 5) is 40.1. The second-order valence-electron chi connectivity index (χ2n) is 9.88. The number of nitrogens with zero attached hydrogens (tertiary/aromatic N) is 2. The molecular formula is C23H32F2N4O5. The Morgan fingerprint density at radius 1 is 1.26 bits per heavy atom. The normalized spacial score (nSPS) is 20.4. The molecule has 0 bridgehead atoms. The number of aromatic amines is 1. The topological polar surface area (TPSA) is 120 Å². The van der Waals surface area contributed by atoms with Crippen molar-refractivity contribution in [2.24, 2.45) is 18.9 Å². The van der Waals surface area contributed by atoms with Crippen molar-refractivity contribution in [2.45, 2.75) is 52.1 Å². The summed E-state index contributed by atoms with van der Waals surface area (Å²) in [6, 6.07) is 3.03. The molecule has 2 aromatic rings. The van der Waals surface area contributed by atoms with E-state index in [0.717, 1.165) is 0 Å². The number of ether oxygens (including phenoxy) is 2. The molecule has 9 nitrogen and oxygen atoms in total. The number of fused-ring (bicyclic) bond motifs is 1. The number of nitrogen functional groups attached to an aromatic ring is 1. The van der Waals surface area contributed by atoms with Crippen molar-refractivity contribution < 1.29 is 23.0 Å². The van der Waals surface area contributed by atoms with Crippen LogP contribution in [0, 0.1) is 11.8 Å². The highest BCUT2D eigenvalue weighted by atomic mass is 19.3. The molecule has 2 atom stereocenters. The Labute approximate surface area is 195 Å². The molecule has 1 aromatic carbocycles. The van der Waals surface area contributed by atoms with Gasteiger partial charge >= 0.3 is 17.2 Å². The lowest BCUT2D eigenvalue weighted by Crippen LogP contribution is -2.55. The molecular weight excluding hydrogens is 450 g/mol. The van der Waals surface area contributed by atoms with Crippen molar-refractivity contribution in [3.05, 3.63) is 32.8 Å². The molecule has 3 rings (SSSR count). The van der Waals surface area contributed by atoms with Gasteiger partial charge in [-0.15, -0.1) is 0 Å². The summed E-state index contributed by atoms with van der Waals surface area (Å²) in [5.74, 6) is -4.73. The van der Waals surface area contributed by atoms with Gasteiger partial charge in [0.2, 0.25) is 0 Å². The Bertz CT molecular complexity index is 1180. The van der Waals surface area contributed by atoms with Crippen LogP contribution in [0.2, 0.25) is 0 Å². The minimum Gasteiger partial charge on any atom is -0.491 e. The lowest BCUT2D eigenvalue weighted by Gasteiger charge is -2.42. The van der Waals surface area contributed by atoms with E-state index >= 15 is 0 Å². The number of rotatable bonds is 5. The van der Waals surface area contributed by atoms with E-state index in [1.54, 1.807) is 20.8 Å². The minimum atomic E-state index is -2.94. The third-order valence-electron chi connectivity index (χ3n) is 5.92. The lowest BCUT2D eigenvalue weighted by molar-refractivity contribution is -0.145. The maximum atomic E-state index is 14.9. The van der Waals surface area contributed by atoms with E-state index < -0.39 is 40.6 Å². The van der Waals surface area contributed by atoms with Gasteiger partial charge in [0, 0.05) is 43.7 Å². The van der Waals surface area contributed by atoms with Gasteiger partial charge in [0.1, 0.15) is 16.9 Å². The molecule has 1 fully saturated rings. The maximum absolute atomic E-state index is 14.9. The van der Waals surface area contributed by atoms with E-state index in [9.17, 15) is 23.2 Å². The summed E-state index contributed by atoms with van der Waals surface area (Å²) in [5, 5.41) is 0. The average molecular weight is 483 g/mol. The number of hydrogen-bond donors (Lipinski definition) is 2. The highest BCUT2D eigenvalue weighted by molar-refractivity contribution is 5.85. The van der Waals surface area contributed by atoms with E-state index in [0.29, 0.717) is 16.7 Å². The SMILES string of the molecule is C[C@H]1CN(C(=O)OC(C)(C)C)C[C@@H](CCCOc2cc(N)cc3[nH]c(=O)c(=O)n(C)c23)C1(F)F. The van der Waals surface area contributed by atoms with Crippen LogP contribution in [0.3, 0.4) is 0 Å². The standard InChI is InChI=1S/C23H32F2N4O5/c1-13-11-29(21(32)34-22(2,3)4)12-14(23(13,24)25)7-6-8-33-17-10-15(26)9-16-18(17)28(5)20(31)19(30)27-16/h9-10,13-14H,6-8,11-12,26H2,1-5H3,(H,27,30)/t13-,14+/m0/s1. The molecule has 0 saturated carbocycles. The van der Waals surface area contributed by atoms with E-state index in [4.69, 9.17) is 15.2 Å². The van der Waals surface area contributed by atoms with Crippen molar-refractivity contribution in [2.75, 3.05) is 25.4 Å². The van der Waals surface area contributed by atoms with Crippen molar-refractivity contribution >= 4 is 22.8 Å². The van der Waals surface area contributed by atoms with Gasteiger partial charge in [-0.1, -0.05) is 6.92 Å². The number of piperidine rings is 1. The van der Waals surface area contributed by atoms with Crippen LogP contribution in [0.25, 0.3) is 11.0 Å². The zero-order valence-corrected chi connectivity index (χ0v) is 20.1. The first-order valence-corrected chi connectivity index (χ1v) is 11.2. The second kappa shape index (κ2) is 9.27. The number of halogens is 2. The average Bonchev–Trinajstić information content (AvgIpc) is 2.70. The summed E-state index contributed by atoms with van der Waals surface area (Å²) in [6.45, 7) is 6.52. The number of aromatic nitrogens is 2. The number of aryl methyl sites for hydroxylation is 1. The molecule has 1 aliphatic heterocycles.